The lowest BCUT2D eigenvalue weighted by Crippen LogP contribution is -2.51. The lowest BCUT2D eigenvalue weighted by molar-refractivity contribution is -0.216. The molecule has 0 aromatic heterocycles. The Hall–Kier alpha value is -2.61. The van der Waals surface area contributed by atoms with Gasteiger partial charge in [-0.2, -0.15) is 0 Å². The lowest BCUT2D eigenvalue weighted by atomic mass is 9.92. The molecule has 148 valence electrons. The van der Waals surface area contributed by atoms with Gasteiger partial charge in [0.15, 0.2) is 6.10 Å². The minimum atomic E-state index is -0.936. The van der Waals surface area contributed by atoms with Crippen molar-refractivity contribution in [1.82, 2.24) is 0 Å². The van der Waals surface area contributed by atoms with Crippen molar-refractivity contribution in [3.8, 4) is 5.75 Å². The Balaban J connectivity index is 2.35. The summed E-state index contributed by atoms with van der Waals surface area (Å²) in [6.45, 7) is 5.41. The molecule has 1 N–H and O–H groups in total. The fourth-order valence-electron chi connectivity index (χ4n) is 3.07. The second-order valence-corrected chi connectivity index (χ2v) is 6.49. The standard InChI is InChI=1S/C19H24O8/c1-10-5-6-15(23)14(7-10)16-8-17(25-12(3)21)19(26-13(4)22)18(27-16)9-24-11(2)20/h5-7,16-19,23H,8-9H2,1-4H3/t16-,17-,18-,19-/m1/s1. The van der Waals surface area contributed by atoms with Crippen molar-refractivity contribution in [2.75, 3.05) is 6.61 Å². The quantitative estimate of drug-likeness (QED) is 0.610. The number of aromatic hydroxyl groups is 1. The summed E-state index contributed by atoms with van der Waals surface area (Å²) >= 11 is 0. The van der Waals surface area contributed by atoms with Crippen LogP contribution >= 0.6 is 0 Å². The van der Waals surface area contributed by atoms with Crippen molar-refractivity contribution >= 4 is 17.9 Å². The molecular weight excluding hydrogens is 356 g/mol. The monoisotopic (exact) mass is 380 g/mol. The van der Waals surface area contributed by atoms with E-state index in [-0.39, 0.29) is 18.8 Å². The summed E-state index contributed by atoms with van der Waals surface area (Å²) in [5, 5.41) is 10.2. The third-order valence-corrected chi connectivity index (χ3v) is 4.12. The maximum Gasteiger partial charge on any atom is 0.303 e. The van der Waals surface area contributed by atoms with Crippen LogP contribution in [-0.2, 0) is 33.3 Å². The van der Waals surface area contributed by atoms with Crippen molar-refractivity contribution < 1.29 is 38.4 Å². The van der Waals surface area contributed by atoms with Gasteiger partial charge in [-0.3, -0.25) is 14.4 Å². The van der Waals surface area contributed by atoms with Gasteiger partial charge in [-0.05, 0) is 19.1 Å². The van der Waals surface area contributed by atoms with Gasteiger partial charge in [0.05, 0.1) is 6.10 Å². The molecule has 8 nitrogen and oxygen atoms in total. The number of benzene rings is 1. The molecule has 1 aromatic carbocycles. The zero-order valence-corrected chi connectivity index (χ0v) is 15.8. The summed E-state index contributed by atoms with van der Waals surface area (Å²) in [4.78, 5) is 34.3. The van der Waals surface area contributed by atoms with Gasteiger partial charge in [0.1, 0.15) is 24.6 Å². The first-order valence-electron chi connectivity index (χ1n) is 8.60. The molecule has 4 atom stereocenters. The Morgan fingerprint density at radius 2 is 1.78 bits per heavy atom. The highest BCUT2D eigenvalue weighted by molar-refractivity contribution is 5.67. The number of hydrogen-bond acceptors (Lipinski definition) is 8. The number of carbonyl (C=O) groups excluding carboxylic acids is 3. The molecule has 27 heavy (non-hydrogen) atoms. The Morgan fingerprint density at radius 3 is 2.37 bits per heavy atom. The van der Waals surface area contributed by atoms with Crippen molar-refractivity contribution in [2.24, 2.45) is 0 Å². The highest BCUT2D eigenvalue weighted by atomic mass is 16.6. The molecule has 0 amide bonds. The number of carbonyl (C=O) groups is 3. The zero-order chi connectivity index (χ0) is 20.1. The van der Waals surface area contributed by atoms with Crippen molar-refractivity contribution in [3.05, 3.63) is 29.3 Å². The predicted molar refractivity (Wildman–Crippen MR) is 92.8 cm³/mol. The van der Waals surface area contributed by atoms with Crippen molar-refractivity contribution in [1.29, 1.82) is 0 Å². The third-order valence-electron chi connectivity index (χ3n) is 4.12. The van der Waals surface area contributed by atoms with Crippen LogP contribution in [0.4, 0.5) is 0 Å². The van der Waals surface area contributed by atoms with Crippen LogP contribution < -0.4 is 0 Å². The number of hydrogen-bond donors (Lipinski definition) is 1. The summed E-state index contributed by atoms with van der Waals surface area (Å²) in [6, 6.07) is 5.07. The number of rotatable bonds is 5. The van der Waals surface area contributed by atoms with Crippen LogP contribution in [0.3, 0.4) is 0 Å². The van der Waals surface area contributed by atoms with Gasteiger partial charge >= 0.3 is 17.9 Å². The molecule has 0 unspecified atom stereocenters. The summed E-state index contributed by atoms with van der Waals surface area (Å²) < 4.78 is 21.6. The van der Waals surface area contributed by atoms with Crippen LogP contribution in [0.25, 0.3) is 0 Å². The Kier molecular flexibility index (Phi) is 6.79. The van der Waals surface area contributed by atoms with Crippen LogP contribution in [0.2, 0.25) is 0 Å². The number of ether oxygens (including phenoxy) is 4. The Labute approximate surface area is 157 Å². The first-order valence-corrected chi connectivity index (χ1v) is 8.60. The van der Waals surface area contributed by atoms with E-state index < -0.39 is 42.3 Å². The van der Waals surface area contributed by atoms with Gasteiger partial charge in [0, 0.05) is 32.8 Å². The maximum absolute atomic E-state index is 11.5. The average Bonchev–Trinajstić information content (AvgIpc) is 2.56. The normalized spacial score (nSPS) is 24.7. The summed E-state index contributed by atoms with van der Waals surface area (Å²) in [5.41, 5.74) is 1.43. The predicted octanol–water partition coefficient (Wildman–Crippen LogP) is 1.96. The van der Waals surface area contributed by atoms with E-state index in [0.717, 1.165) is 5.56 Å². The van der Waals surface area contributed by atoms with Gasteiger partial charge in [0.25, 0.3) is 0 Å². The van der Waals surface area contributed by atoms with Gasteiger partial charge in [-0.25, -0.2) is 0 Å². The topological polar surface area (TPSA) is 108 Å². The molecule has 1 fully saturated rings. The molecule has 0 radical (unpaired) electrons. The van der Waals surface area contributed by atoms with Crippen LogP contribution in [0, 0.1) is 6.92 Å². The molecular formula is C19H24O8. The van der Waals surface area contributed by atoms with Crippen molar-refractivity contribution in [2.45, 2.75) is 58.5 Å². The van der Waals surface area contributed by atoms with E-state index in [0.29, 0.717) is 5.56 Å². The third kappa shape index (κ3) is 5.68. The average molecular weight is 380 g/mol. The van der Waals surface area contributed by atoms with E-state index in [1.54, 1.807) is 18.2 Å². The minimum Gasteiger partial charge on any atom is -0.508 e. The van der Waals surface area contributed by atoms with E-state index in [2.05, 4.69) is 0 Å². The fourth-order valence-corrected chi connectivity index (χ4v) is 3.07. The first-order chi connectivity index (χ1) is 12.7. The highest BCUT2D eigenvalue weighted by Crippen LogP contribution is 2.38. The lowest BCUT2D eigenvalue weighted by Gasteiger charge is -2.40. The minimum absolute atomic E-state index is 0.0318. The van der Waals surface area contributed by atoms with E-state index in [1.807, 2.05) is 6.92 Å². The first kappa shape index (κ1) is 20.7. The summed E-state index contributed by atoms with van der Waals surface area (Å²) in [6.07, 6.45) is -3.08. The molecule has 0 saturated carbocycles. The van der Waals surface area contributed by atoms with Crippen molar-refractivity contribution in [3.63, 3.8) is 0 Å². The molecule has 1 saturated heterocycles. The highest BCUT2D eigenvalue weighted by Gasteiger charge is 2.44. The number of phenols is 1. The molecule has 1 aliphatic rings. The van der Waals surface area contributed by atoms with Gasteiger partial charge in [-0.1, -0.05) is 11.6 Å². The van der Waals surface area contributed by atoms with E-state index in [1.165, 1.54) is 20.8 Å². The van der Waals surface area contributed by atoms with Gasteiger partial charge in [-0.15, -0.1) is 0 Å². The number of phenolic OH excluding ortho intramolecular Hbond substituents is 1. The van der Waals surface area contributed by atoms with Crippen LogP contribution in [0.5, 0.6) is 5.75 Å². The molecule has 0 aliphatic carbocycles. The van der Waals surface area contributed by atoms with Gasteiger partial charge in [0.2, 0.25) is 0 Å². The number of aryl methyl sites for hydroxylation is 1. The molecule has 8 heteroatoms. The molecule has 1 aromatic rings. The molecule has 1 aliphatic heterocycles. The Bertz CT molecular complexity index is 714. The SMILES string of the molecule is CC(=O)OC[C@H]1O[C@@H](c2cc(C)ccc2O)C[C@@H](OC(C)=O)[C@H]1OC(C)=O. The van der Waals surface area contributed by atoms with Crippen LogP contribution in [-0.4, -0.2) is 47.9 Å². The summed E-state index contributed by atoms with van der Waals surface area (Å²) in [7, 11) is 0. The molecule has 0 bridgehead atoms. The Morgan fingerprint density at radius 1 is 1.11 bits per heavy atom. The summed E-state index contributed by atoms with van der Waals surface area (Å²) in [5.74, 6) is -1.61. The second-order valence-electron chi connectivity index (χ2n) is 6.49. The smallest absolute Gasteiger partial charge is 0.303 e. The molecule has 0 spiro atoms. The maximum atomic E-state index is 11.5. The fraction of sp³-hybridized carbons (Fsp3) is 0.526. The zero-order valence-electron chi connectivity index (χ0n) is 15.8. The van der Waals surface area contributed by atoms with Crippen LogP contribution in [0.15, 0.2) is 18.2 Å². The van der Waals surface area contributed by atoms with Crippen LogP contribution in [0.1, 0.15) is 44.4 Å². The van der Waals surface area contributed by atoms with Gasteiger partial charge < -0.3 is 24.1 Å². The number of esters is 3. The molecule has 2 rings (SSSR count). The molecule has 1 heterocycles. The largest absolute Gasteiger partial charge is 0.508 e. The van der Waals surface area contributed by atoms with E-state index in [4.69, 9.17) is 18.9 Å². The van der Waals surface area contributed by atoms with E-state index >= 15 is 0 Å². The van der Waals surface area contributed by atoms with E-state index in [9.17, 15) is 19.5 Å². The second kappa shape index (κ2) is 8.85.